The van der Waals surface area contributed by atoms with Gasteiger partial charge in [0.25, 0.3) is 5.91 Å². The van der Waals surface area contributed by atoms with E-state index in [-0.39, 0.29) is 18.3 Å². The second-order valence-corrected chi connectivity index (χ2v) is 4.11. The number of nitrogens with one attached hydrogen (secondary N) is 1. The van der Waals surface area contributed by atoms with E-state index >= 15 is 0 Å². The van der Waals surface area contributed by atoms with Gasteiger partial charge in [0.15, 0.2) is 6.61 Å². The number of carbonyl (C=O) groups is 1. The number of aryl methyl sites for hydroxylation is 1. The number of hydrogen-bond donors (Lipinski definition) is 1. The van der Waals surface area contributed by atoms with Gasteiger partial charge in [-0.1, -0.05) is 18.2 Å². The molecule has 0 saturated heterocycles. The van der Waals surface area contributed by atoms with Gasteiger partial charge in [-0.2, -0.15) is 0 Å². The van der Waals surface area contributed by atoms with Crippen molar-refractivity contribution in [2.24, 2.45) is 0 Å². The number of ether oxygens (including phenoxy) is 1. The Morgan fingerprint density at radius 3 is 2.53 bits per heavy atom. The molecule has 2 rings (SSSR count). The van der Waals surface area contributed by atoms with E-state index in [0.29, 0.717) is 11.4 Å². The van der Waals surface area contributed by atoms with Crippen molar-refractivity contribution >= 4 is 11.6 Å². The molecule has 4 heteroatoms. The van der Waals surface area contributed by atoms with Crippen LogP contribution >= 0.6 is 0 Å². The summed E-state index contributed by atoms with van der Waals surface area (Å²) in [6, 6.07) is 13.0. The summed E-state index contributed by atoms with van der Waals surface area (Å²) in [4.78, 5) is 11.7. The molecule has 3 nitrogen and oxygen atoms in total. The van der Waals surface area contributed by atoms with Crippen LogP contribution in [0, 0.1) is 12.7 Å². The van der Waals surface area contributed by atoms with E-state index in [2.05, 4.69) is 5.32 Å². The van der Waals surface area contributed by atoms with Crippen molar-refractivity contribution in [1.29, 1.82) is 0 Å². The summed E-state index contributed by atoms with van der Waals surface area (Å²) in [5, 5.41) is 2.63. The summed E-state index contributed by atoms with van der Waals surface area (Å²) in [7, 11) is 0. The van der Waals surface area contributed by atoms with Crippen molar-refractivity contribution in [2.75, 3.05) is 11.9 Å². The fourth-order valence-corrected chi connectivity index (χ4v) is 1.59. The lowest BCUT2D eigenvalue weighted by molar-refractivity contribution is -0.118. The van der Waals surface area contributed by atoms with Crippen molar-refractivity contribution in [3.8, 4) is 5.75 Å². The minimum absolute atomic E-state index is 0.0811. The van der Waals surface area contributed by atoms with Gasteiger partial charge < -0.3 is 10.1 Å². The molecular formula is C15H14FNO2. The van der Waals surface area contributed by atoms with Gasteiger partial charge in [-0.15, -0.1) is 0 Å². The van der Waals surface area contributed by atoms with Crippen LogP contribution in [0.4, 0.5) is 10.1 Å². The van der Waals surface area contributed by atoms with Crippen molar-refractivity contribution < 1.29 is 13.9 Å². The van der Waals surface area contributed by atoms with Gasteiger partial charge >= 0.3 is 0 Å². The molecule has 0 fully saturated rings. The molecule has 1 N–H and O–H groups in total. The zero-order valence-electron chi connectivity index (χ0n) is 10.5. The number of para-hydroxylation sites is 1. The van der Waals surface area contributed by atoms with Crippen LogP contribution in [-0.4, -0.2) is 12.5 Å². The van der Waals surface area contributed by atoms with E-state index in [1.807, 2.05) is 25.1 Å². The summed E-state index contributed by atoms with van der Waals surface area (Å²) in [5.41, 5.74) is 1.51. The maximum atomic E-state index is 12.7. The van der Waals surface area contributed by atoms with Crippen molar-refractivity contribution in [3.05, 3.63) is 59.9 Å². The third-order valence-electron chi connectivity index (χ3n) is 2.58. The number of amides is 1. The molecule has 0 saturated carbocycles. The third kappa shape index (κ3) is 3.81. The molecule has 2 aromatic carbocycles. The lowest BCUT2D eigenvalue weighted by atomic mass is 10.2. The summed E-state index contributed by atoms with van der Waals surface area (Å²) in [6.07, 6.45) is 0. The number of anilines is 1. The van der Waals surface area contributed by atoms with Crippen LogP contribution in [0.2, 0.25) is 0 Å². The van der Waals surface area contributed by atoms with Crippen LogP contribution in [0.25, 0.3) is 0 Å². The molecule has 0 aliphatic rings. The average Bonchev–Trinajstić information content (AvgIpc) is 2.40. The third-order valence-corrected chi connectivity index (χ3v) is 2.58. The Balaban J connectivity index is 1.88. The number of halogens is 1. The Morgan fingerprint density at radius 2 is 1.84 bits per heavy atom. The van der Waals surface area contributed by atoms with Crippen molar-refractivity contribution in [1.82, 2.24) is 0 Å². The highest BCUT2D eigenvalue weighted by molar-refractivity contribution is 5.91. The van der Waals surface area contributed by atoms with Crippen molar-refractivity contribution in [2.45, 2.75) is 6.92 Å². The molecule has 0 aromatic heterocycles. The van der Waals surface area contributed by atoms with E-state index in [9.17, 15) is 9.18 Å². The molecule has 2 aromatic rings. The molecule has 0 aliphatic carbocycles. The summed E-state index contributed by atoms with van der Waals surface area (Å²) < 4.78 is 18.1. The molecule has 0 atom stereocenters. The van der Waals surface area contributed by atoms with Crippen molar-refractivity contribution in [3.63, 3.8) is 0 Å². The average molecular weight is 259 g/mol. The van der Waals surface area contributed by atoms with Crippen LogP contribution in [0.15, 0.2) is 48.5 Å². The Bertz CT molecular complexity index is 567. The predicted molar refractivity (Wildman–Crippen MR) is 71.7 cm³/mol. The van der Waals surface area contributed by atoms with E-state index in [1.165, 1.54) is 24.3 Å². The fourth-order valence-electron chi connectivity index (χ4n) is 1.59. The first-order chi connectivity index (χ1) is 9.15. The van der Waals surface area contributed by atoms with Gasteiger partial charge in [-0.05, 0) is 42.8 Å². The molecule has 98 valence electrons. The number of hydrogen-bond acceptors (Lipinski definition) is 2. The van der Waals surface area contributed by atoms with Gasteiger partial charge in [0.05, 0.1) is 0 Å². The molecule has 0 unspecified atom stereocenters. The maximum Gasteiger partial charge on any atom is 0.262 e. The summed E-state index contributed by atoms with van der Waals surface area (Å²) in [5.74, 6) is 0.0563. The molecule has 0 spiro atoms. The van der Waals surface area contributed by atoms with Crippen LogP contribution < -0.4 is 10.1 Å². The predicted octanol–water partition coefficient (Wildman–Crippen LogP) is 3.15. The first-order valence-corrected chi connectivity index (χ1v) is 5.89. The van der Waals surface area contributed by atoms with E-state index in [4.69, 9.17) is 4.74 Å². The maximum absolute atomic E-state index is 12.7. The number of carbonyl (C=O) groups excluding carboxylic acids is 1. The second kappa shape index (κ2) is 6.00. The second-order valence-electron chi connectivity index (χ2n) is 4.11. The lowest BCUT2D eigenvalue weighted by Gasteiger charge is -2.09. The Kier molecular flexibility index (Phi) is 4.13. The normalized spacial score (nSPS) is 10.0. The quantitative estimate of drug-likeness (QED) is 0.916. The van der Waals surface area contributed by atoms with Crippen LogP contribution in [0.1, 0.15) is 5.56 Å². The Hall–Kier alpha value is -2.36. The topological polar surface area (TPSA) is 38.3 Å². The van der Waals surface area contributed by atoms with Crippen LogP contribution in [0.5, 0.6) is 5.75 Å². The van der Waals surface area contributed by atoms with E-state index < -0.39 is 0 Å². The van der Waals surface area contributed by atoms with Gasteiger partial charge in [-0.25, -0.2) is 4.39 Å². The molecular weight excluding hydrogens is 245 g/mol. The molecule has 1 amide bonds. The number of rotatable bonds is 4. The monoisotopic (exact) mass is 259 g/mol. The minimum atomic E-state index is -0.339. The Labute approximate surface area is 111 Å². The van der Waals surface area contributed by atoms with Gasteiger partial charge in [0.2, 0.25) is 0 Å². The number of benzene rings is 2. The molecule has 0 bridgehead atoms. The van der Waals surface area contributed by atoms with E-state index in [0.717, 1.165) is 5.56 Å². The molecule has 0 radical (unpaired) electrons. The zero-order chi connectivity index (χ0) is 13.7. The van der Waals surface area contributed by atoms with Gasteiger partial charge in [-0.3, -0.25) is 4.79 Å². The molecule has 0 heterocycles. The first kappa shape index (κ1) is 13.1. The standard InChI is InChI=1S/C15H14FNO2/c1-11-4-2-3-5-14(11)19-10-15(18)17-13-8-6-12(16)7-9-13/h2-9H,10H2,1H3,(H,17,18). The van der Waals surface area contributed by atoms with Gasteiger partial charge in [0.1, 0.15) is 11.6 Å². The summed E-state index contributed by atoms with van der Waals surface area (Å²) >= 11 is 0. The van der Waals surface area contributed by atoms with E-state index in [1.54, 1.807) is 6.07 Å². The first-order valence-electron chi connectivity index (χ1n) is 5.89. The zero-order valence-corrected chi connectivity index (χ0v) is 10.5. The summed E-state index contributed by atoms with van der Waals surface area (Å²) in [6.45, 7) is 1.83. The lowest BCUT2D eigenvalue weighted by Crippen LogP contribution is -2.20. The fraction of sp³-hybridized carbons (Fsp3) is 0.133. The minimum Gasteiger partial charge on any atom is -0.483 e. The highest BCUT2D eigenvalue weighted by Gasteiger charge is 2.05. The highest BCUT2D eigenvalue weighted by Crippen LogP contribution is 2.16. The molecule has 0 aliphatic heterocycles. The van der Waals surface area contributed by atoms with Crippen LogP contribution in [0.3, 0.4) is 0 Å². The SMILES string of the molecule is Cc1ccccc1OCC(=O)Nc1ccc(F)cc1. The smallest absolute Gasteiger partial charge is 0.262 e. The highest BCUT2D eigenvalue weighted by atomic mass is 19.1. The van der Waals surface area contributed by atoms with Crippen LogP contribution in [-0.2, 0) is 4.79 Å². The van der Waals surface area contributed by atoms with Gasteiger partial charge in [0, 0.05) is 5.69 Å². The Morgan fingerprint density at radius 1 is 1.16 bits per heavy atom. The largest absolute Gasteiger partial charge is 0.483 e. The molecule has 19 heavy (non-hydrogen) atoms.